The predicted octanol–water partition coefficient (Wildman–Crippen LogP) is 0.538. The van der Waals surface area contributed by atoms with E-state index in [0.717, 1.165) is 0 Å². The van der Waals surface area contributed by atoms with Crippen LogP contribution in [0.4, 0.5) is 0 Å². The SMILES string of the molecule is NNC(=O)c1n[nH]c(Br)c1Br. The van der Waals surface area contributed by atoms with Crippen molar-refractivity contribution in [2.24, 2.45) is 5.84 Å². The average Bonchev–Trinajstić information content (AvgIpc) is 2.32. The number of hydrogen-bond acceptors (Lipinski definition) is 3. The Morgan fingerprint density at radius 1 is 1.64 bits per heavy atom. The molecule has 4 N–H and O–H groups in total. The third-order valence-corrected chi connectivity index (χ3v) is 2.89. The standard InChI is InChI=1S/C4H4Br2N4O/c5-1-2(4(11)8-7)9-10-3(1)6/h7H2,(H,8,11)(H,9,10). The lowest BCUT2D eigenvalue weighted by Crippen LogP contribution is -2.30. The lowest BCUT2D eigenvalue weighted by atomic mass is 10.4. The van der Waals surface area contributed by atoms with Crippen LogP contribution in [0.3, 0.4) is 0 Å². The van der Waals surface area contributed by atoms with E-state index < -0.39 is 5.91 Å². The van der Waals surface area contributed by atoms with E-state index in [1.54, 1.807) is 0 Å². The van der Waals surface area contributed by atoms with Gasteiger partial charge >= 0.3 is 0 Å². The first-order valence-electron chi connectivity index (χ1n) is 2.57. The van der Waals surface area contributed by atoms with Crippen LogP contribution in [0.1, 0.15) is 10.5 Å². The van der Waals surface area contributed by atoms with Gasteiger partial charge in [0.1, 0.15) is 4.60 Å². The van der Waals surface area contributed by atoms with E-state index in [4.69, 9.17) is 5.84 Å². The van der Waals surface area contributed by atoms with Crippen LogP contribution in [0.2, 0.25) is 0 Å². The number of rotatable bonds is 1. The van der Waals surface area contributed by atoms with Gasteiger partial charge in [0.25, 0.3) is 5.91 Å². The summed E-state index contributed by atoms with van der Waals surface area (Å²) in [6.45, 7) is 0. The first kappa shape index (κ1) is 8.69. The molecule has 0 aliphatic carbocycles. The highest BCUT2D eigenvalue weighted by Gasteiger charge is 2.14. The normalized spacial score (nSPS) is 9.73. The van der Waals surface area contributed by atoms with Gasteiger partial charge in [0.05, 0.1) is 4.47 Å². The summed E-state index contributed by atoms with van der Waals surface area (Å²) < 4.78 is 1.16. The van der Waals surface area contributed by atoms with E-state index in [9.17, 15) is 4.79 Å². The fourth-order valence-electron chi connectivity index (χ4n) is 0.526. The lowest BCUT2D eigenvalue weighted by molar-refractivity contribution is 0.0948. The van der Waals surface area contributed by atoms with Crippen molar-refractivity contribution in [2.75, 3.05) is 0 Å². The van der Waals surface area contributed by atoms with Gasteiger partial charge in [-0.15, -0.1) is 0 Å². The second kappa shape index (κ2) is 3.33. The summed E-state index contributed by atoms with van der Waals surface area (Å²) >= 11 is 6.26. The van der Waals surface area contributed by atoms with Crippen molar-refractivity contribution >= 4 is 37.8 Å². The van der Waals surface area contributed by atoms with Crippen molar-refractivity contribution in [1.29, 1.82) is 0 Å². The molecule has 0 bridgehead atoms. The van der Waals surface area contributed by atoms with Crippen molar-refractivity contribution in [2.45, 2.75) is 0 Å². The summed E-state index contributed by atoms with van der Waals surface area (Å²) in [5.74, 6) is 4.45. The molecule has 7 heteroatoms. The zero-order chi connectivity index (χ0) is 8.43. The van der Waals surface area contributed by atoms with Gasteiger partial charge in [-0.25, -0.2) is 5.84 Å². The number of carbonyl (C=O) groups excluding carboxylic acids is 1. The number of hydrazine groups is 1. The molecule has 0 saturated carbocycles. The molecular weight excluding hydrogens is 280 g/mol. The van der Waals surface area contributed by atoms with Crippen LogP contribution in [-0.2, 0) is 0 Å². The predicted molar refractivity (Wildman–Crippen MR) is 45.6 cm³/mol. The smallest absolute Gasteiger partial charge is 0.286 e. The van der Waals surface area contributed by atoms with Gasteiger partial charge in [-0.1, -0.05) is 0 Å². The van der Waals surface area contributed by atoms with Crippen molar-refractivity contribution in [3.05, 3.63) is 14.8 Å². The van der Waals surface area contributed by atoms with Crippen molar-refractivity contribution in [3.8, 4) is 0 Å². The van der Waals surface area contributed by atoms with Crippen LogP contribution in [0.5, 0.6) is 0 Å². The number of nitrogens with one attached hydrogen (secondary N) is 2. The summed E-state index contributed by atoms with van der Waals surface area (Å²) in [6, 6.07) is 0. The van der Waals surface area contributed by atoms with Crippen LogP contribution < -0.4 is 11.3 Å². The first-order valence-corrected chi connectivity index (χ1v) is 4.15. The number of amides is 1. The van der Waals surface area contributed by atoms with Crippen LogP contribution in [0, 0.1) is 0 Å². The minimum atomic E-state index is -0.446. The molecule has 60 valence electrons. The number of nitrogens with zero attached hydrogens (tertiary/aromatic N) is 1. The first-order chi connectivity index (χ1) is 5.16. The van der Waals surface area contributed by atoms with E-state index in [1.165, 1.54) is 0 Å². The molecule has 1 aromatic rings. The number of nitrogens with two attached hydrogens (primary N) is 1. The molecule has 0 radical (unpaired) electrons. The Bertz CT molecular complexity index is 284. The van der Waals surface area contributed by atoms with Crippen LogP contribution in [0.25, 0.3) is 0 Å². The molecule has 0 saturated heterocycles. The van der Waals surface area contributed by atoms with E-state index >= 15 is 0 Å². The van der Waals surface area contributed by atoms with Crippen LogP contribution in [0.15, 0.2) is 9.08 Å². The third kappa shape index (κ3) is 1.60. The maximum Gasteiger partial charge on any atom is 0.286 e. The Morgan fingerprint density at radius 2 is 2.27 bits per heavy atom. The quantitative estimate of drug-likeness (QED) is 0.400. The molecule has 1 aromatic heterocycles. The highest BCUT2D eigenvalue weighted by atomic mass is 79.9. The molecule has 11 heavy (non-hydrogen) atoms. The minimum absolute atomic E-state index is 0.222. The number of carbonyl (C=O) groups is 1. The molecule has 0 fully saturated rings. The van der Waals surface area contributed by atoms with E-state index in [-0.39, 0.29) is 5.69 Å². The number of halogens is 2. The molecule has 0 unspecified atom stereocenters. The molecule has 0 aliphatic heterocycles. The molecule has 0 spiro atoms. The fourth-order valence-corrected chi connectivity index (χ4v) is 1.16. The van der Waals surface area contributed by atoms with Crippen molar-refractivity contribution in [3.63, 3.8) is 0 Å². The van der Waals surface area contributed by atoms with Gasteiger partial charge in [-0.05, 0) is 31.9 Å². The Morgan fingerprint density at radius 3 is 2.64 bits per heavy atom. The number of H-pyrrole nitrogens is 1. The number of aromatic amines is 1. The van der Waals surface area contributed by atoms with Gasteiger partial charge in [-0.2, -0.15) is 5.10 Å². The largest absolute Gasteiger partial charge is 0.289 e. The lowest BCUT2D eigenvalue weighted by Gasteiger charge is -1.92. The molecule has 0 aromatic carbocycles. The Balaban J connectivity index is 3.04. The zero-order valence-electron chi connectivity index (χ0n) is 5.19. The Labute approximate surface area is 79.0 Å². The summed E-state index contributed by atoms with van der Waals surface area (Å²) in [4.78, 5) is 10.9. The Hall–Kier alpha value is -0.400. The number of nitrogen functional groups attached to an aromatic ring is 1. The average molecular weight is 284 g/mol. The maximum absolute atomic E-state index is 10.9. The van der Waals surface area contributed by atoms with Gasteiger partial charge in [0, 0.05) is 0 Å². The highest BCUT2D eigenvalue weighted by molar-refractivity contribution is 9.13. The van der Waals surface area contributed by atoms with Crippen LogP contribution in [-0.4, -0.2) is 16.1 Å². The topological polar surface area (TPSA) is 83.8 Å². The van der Waals surface area contributed by atoms with Crippen molar-refractivity contribution < 1.29 is 4.79 Å². The summed E-state index contributed by atoms with van der Waals surface area (Å²) in [7, 11) is 0. The molecule has 0 atom stereocenters. The molecular formula is C4H4Br2N4O. The van der Waals surface area contributed by atoms with Gasteiger partial charge in [-0.3, -0.25) is 15.3 Å². The fraction of sp³-hybridized carbons (Fsp3) is 0. The summed E-state index contributed by atoms with van der Waals surface area (Å²) in [5, 5.41) is 6.23. The van der Waals surface area contributed by atoms with Crippen molar-refractivity contribution in [1.82, 2.24) is 15.6 Å². The van der Waals surface area contributed by atoms with E-state index in [1.807, 2.05) is 5.43 Å². The second-order valence-electron chi connectivity index (χ2n) is 1.67. The monoisotopic (exact) mass is 282 g/mol. The minimum Gasteiger partial charge on any atom is -0.289 e. The van der Waals surface area contributed by atoms with E-state index in [0.29, 0.717) is 9.08 Å². The maximum atomic E-state index is 10.9. The Kier molecular flexibility index (Phi) is 2.63. The zero-order valence-corrected chi connectivity index (χ0v) is 8.36. The summed E-state index contributed by atoms with van der Waals surface area (Å²) in [5.41, 5.74) is 2.18. The number of aromatic nitrogens is 2. The van der Waals surface area contributed by atoms with Gasteiger partial charge in [0.15, 0.2) is 5.69 Å². The molecule has 5 nitrogen and oxygen atoms in total. The van der Waals surface area contributed by atoms with E-state index in [2.05, 4.69) is 42.1 Å². The second-order valence-corrected chi connectivity index (χ2v) is 3.26. The molecule has 1 heterocycles. The molecule has 1 rings (SSSR count). The van der Waals surface area contributed by atoms with Gasteiger partial charge in [0.2, 0.25) is 0 Å². The van der Waals surface area contributed by atoms with Crippen LogP contribution >= 0.6 is 31.9 Å². The molecule has 1 amide bonds. The highest BCUT2D eigenvalue weighted by Crippen LogP contribution is 2.23. The molecule has 0 aliphatic rings. The summed E-state index contributed by atoms with van der Waals surface area (Å²) in [6.07, 6.45) is 0. The number of hydrogen-bond donors (Lipinski definition) is 3. The third-order valence-electron chi connectivity index (χ3n) is 1.01. The van der Waals surface area contributed by atoms with Gasteiger partial charge < -0.3 is 0 Å².